The van der Waals surface area contributed by atoms with Crippen LogP contribution in [0.4, 0.5) is 8.78 Å². The maximum atomic E-state index is 13.7. The van der Waals surface area contributed by atoms with E-state index < -0.39 is 24.3 Å². The molecule has 0 bridgehead atoms. The number of amidine groups is 1. The van der Waals surface area contributed by atoms with Gasteiger partial charge >= 0.3 is 6.61 Å². The number of amides is 2. The topological polar surface area (TPSA) is 80.2 Å². The summed E-state index contributed by atoms with van der Waals surface area (Å²) in [6, 6.07) is 31.6. The Balaban J connectivity index is 1.42. The summed E-state index contributed by atoms with van der Waals surface area (Å²) in [5.41, 5.74) is 4.80. The van der Waals surface area contributed by atoms with E-state index in [1.54, 1.807) is 36.4 Å². The molecule has 1 aliphatic rings. The summed E-state index contributed by atoms with van der Waals surface area (Å²) in [7, 11) is 0. The van der Waals surface area contributed by atoms with E-state index in [0.29, 0.717) is 28.2 Å². The van der Waals surface area contributed by atoms with Crippen LogP contribution in [0.25, 0.3) is 6.08 Å². The first kappa shape index (κ1) is 29.2. The number of benzene rings is 4. The first-order valence-corrected chi connectivity index (χ1v) is 13.7. The van der Waals surface area contributed by atoms with Crippen LogP contribution >= 0.6 is 0 Å². The van der Waals surface area contributed by atoms with Crippen molar-refractivity contribution in [3.8, 4) is 17.2 Å². The lowest BCUT2D eigenvalue weighted by molar-refractivity contribution is -0.134. The quantitative estimate of drug-likeness (QED) is 0.201. The molecular weight excluding hydrogens is 552 g/mol. The van der Waals surface area contributed by atoms with Crippen molar-refractivity contribution in [3.05, 3.63) is 132 Å². The maximum absolute atomic E-state index is 13.7. The lowest BCUT2D eigenvalue weighted by Gasteiger charge is -2.25. The van der Waals surface area contributed by atoms with Crippen LogP contribution in [0.15, 0.2) is 120 Å². The number of para-hydroxylation sites is 1. The summed E-state index contributed by atoms with van der Waals surface area (Å²) in [5.74, 6) is -0.303. The lowest BCUT2D eigenvalue weighted by atomic mass is 9.88. The summed E-state index contributed by atoms with van der Waals surface area (Å²) >= 11 is 0. The number of hydrogen-bond donors (Lipinski definition) is 1. The fraction of sp³-hybridized carbons (Fsp3) is 0.147. The van der Waals surface area contributed by atoms with Gasteiger partial charge in [-0.05, 0) is 59.5 Å². The van der Waals surface area contributed by atoms with Crippen molar-refractivity contribution in [3.63, 3.8) is 0 Å². The molecule has 1 atom stereocenters. The van der Waals surface area contributed by atoms with Gasteiger partial charge in [-0.15, -0.1) is 0 Å². The Morgan fingerprint density at radius 2 is 1.49 bits per heavy atom. The second-order valence-electron chi connectivity index (χ2n) is 10.1. The van der Waals surface area contributed by atoms with Crippen molar-refractivity contribution in [2.24, 2.45) is 10.9 Å². The third-order valence-electron chi connectivity index (χ3n) is 6.67. The fourth-order valence-electron chi connectivity index (χ4n) is 4.73. The molecule has 0 saturated heterocycles. The van der Waals surface area contributed by atoms with E-state index in [9.17, 15) is 18.4 Å². The highest BCUT2D eigenvalue weighted by Gasteiger charge is 2.35. The highest BCUT2D eigenvalue weighted by atomic mass is 19.3. The molecule has 0 radical (unpaired) electrons. The molecule has 9 heteroatoms. The number of rotatable bonds is 10. The monoisotopic (exact) mass is 581 g/mol. The average Bonchev–Trinajstić information content (AvgIpc) is 3.29. The molecule has 1 N–H and O–H groups in total. The molecular formula is C34H29F2N3O4. The van der Waals surface area contributed by atoms with E-state index in [4.69, 9.17) is 4.74 Å². The van der Waals surface area contributed by atoms with Crippen LogP contribution in [0, 0.1) is 5.92 Å². The summed E-state index contributed by atoms with van der Waals surface area (Å²) in [6.45, 7) is 0.775. The van der Waals surface area contributed by atoms with Crippen molar-refractivity contribution in [1.82, 2.24) is 10.4 Å². The first-order chi connectivity index (χ1) is 20.8. The van der Waals surface area contributed by atoms with Gasteiger partial charge in [0.05, 0.1) is 5.92 Å². The predicted octanol–water partition coefficient (Wildman–Crippen LogP) is 7.18. The van der Waals surface area contributed by atoms with Crippen LogP contribution in [-0.2, 0) is 9.59 Å². The van der Waals surface area contributed by atoms with Crippen LogP contribution in [0.2, 0.25) is 0 Å². The molecule has 218 valence electrons. The van der Waals surface area contributed by atoms with Gasteiger partial charge in [0.15, 0.2) is 5.84 Å². The van der Waals surface area contributed by atoms with Crippen molar-refractivity contribution >= 4 is 23.7 Å². The standard InChI is InChI=1S/C34H29F2N3O4/c1-22(2)30(24-16-18-27(19-17-24)43-34(35)36)32(40)38-39-31(25-11-5-3-6-12-25)37-29(33(39)41)21-23-10-9-15-28(20-23)42-26-13-7-4-8-14-26/h3-22,30,34H,1-2H3,(H,38,40). The Labute approximate surface area is 248 Å². The summed E-state index contributed by atoms with van der Waals surface area (Å²) < 4.78 is 35.6. The second kappa shape index (κ2) is 13.1. The highest BCUT2D eigenvalue weighted by Crippen LogP contribution is 2.29. The fourth-order valence-corrected chi connectivity index (χ4v) is 4.73. The number of aliphatic imine (C=N–C) groups is 1. The van der Waals surface area contributed by atoms with E-state index in [-0.39, 0.29) is 23.2 Å². The number of hydrazine groups is 1. The van der Waals surface area contributed by atoms with Gasteiger partial charge in [0.25, 0.3) is 5.91 Å². The van der Waals surface area contributed by atoms with Crippen molar-refractivity contribution in [1.29, 1.82) is 0 Å². The Kier molecular flexibility index (Phi) is 8.90. The van der Waals surface area contributed by atoms with E-state index >= 15 is 0 Å². The van der Waals surface area contributed by atoms with Crippen LogP contribution in [0.5, 0.6) is 17.2 Å². The Morgan fingerprint density at radius 1 is 0.837 bits per heavy atom. The number of carbonyl (C=O) groups excluding carboxylic acids is 2. The van der Waals surface area contributed by atoms with E-state index in [0.717, 1.165) is 5.01 Å². The number of alkyl halides is 2. The number of halogens is 2. The maximum Gasteiger partial charge on any atom is 0.387 e. The predicted molar refractivity (Wildman–Crippen MR) is 160 cm³/mol. The van der Waals surface area contributed by atoms with Gasteiger partial charge in [-0.25, -0.2) is 4.99 Å². The second-order valence-corrected chi connectivity index (χ2v) is 10.1. The molecule has 4 aromatic rings. The van der Waals surface area contributed by atoms with Crippen molar-refractivity contribution < 1.29 is 27.8 Å². The molecule has 0 saturated carbocycles. The van der Waals surface area contributed by atoms with E-state index in [2.05, 4.69) is 15.2 Å². The Hall–Kier alpha value is -5.31. The van der Waals surface area contributed by atoms with E-state index in [1.165, 1.54) is 12.1 Å². The van der Waals surface area contributed by atoms with Gasteiger partial charge in [-0.2, -0.15) is 13.8 Å². The zero-order valence-electron chi connectivity index (χ0n) is 23.5. The van der Waals surface area contributed by atoms with Gasteiger partial charge in [-0.3, -0.25) is 15.0 Å². The summed E-state index contributed by atoms with van der Waals surface area (Å²) in [5, 5.41) is 1.15. The molecule has 0 fully saturated rings. The minimum atomic E-state index is -2.95. The lowest BCUT2D eigenvalue weighted by Crippen LogP contribution is -2.49. The van der Waals surface area contributed by atoms with Crippen LogP contribution in [0.1, 0.15) is 36.5 Å². The third-order valence-corrected chi connectivity index (χ3v) is 6.67. The number of nitrogens with zero attached hydrogens (tertiary/aromatic N) is 2. The summed E-state index contributed by atoms with van der Waals surface area (Å²) in [6.07, 6.45) is 1.64. The summed E-state index contributed by atoms with van der Waals surface area (Å²) in [4.78, 5) is 32.0. The SMILES string of the molecule is CC(C)C(C(=O)NN1C(=O)C(=Cc2cccc(Oc3ccccc3)c2)N=C1c1ccccc1)c1ccc(OC(F)F)cc1. The Morgan fingerprint density at radius 3 is 2.14 bits per heavy atom. The van der Waals surface area contributed by atoms with Crippen LogP contribution in [0.3, 0.4) is 0 Å². The normalized spacial score (nSPS) is 14.7. The van der Waals surface area contributed by atoms with Gasteiger partial charge in [0, 0.05) is 5.56 Å². The number of hydrogen-bond acceptors (Lipinski definition) is 5. The molecule has 5 rings (SSSR count). The molecule has 2 amide bonds. The smallest absolute Gasteiger partial charge is 0.387 e. The third kappa shape index (κ3) is 7.13. The molecule has 1 unspecified atom stereocenters. The molecule has 0 spiro atoms. The number of nitrogens with one attached hydrogen (secondary N) is 1. The van der Waals surface area contributed by atoms with Crippen molar-refractivity contribution in [2.75, 3.05) is 0 Å². The number of carbonyl (C=O) groups is 2. The van der Waals surface area contributed by atoms with Gasteiger partial charge in [0.2, 0.25) is 5.91 Å². The zero-order chi connectivity index (χ0) is 30.3. The molecule has 1 aliphatic heterocycles. The molecule has 1 heterocycles. The molecule has 7 nitrogen and oxygen atoms in total. The minimum absolute atomic E-state index is 0.0112. The molecule has 0 aliphatic carbocycles. The van der Waals surface area contributed by atoms with Gasteiger partial charge in [0.1, 0.15) is 22.9 Å². The minimum Gasteiger partial charge on any atom is -0.457 e. The highest BCUT2D eigenvalue weighted by molar-refractivity contribution is 6.20. The first-order valence-electron chi connectivity index (χ1n) is 13.7. The molecule has 4 aromatic carbocycles. The zero-order valence-corrected chi connectivity index (χ0v) is 23.5. The van der Waals surface area contributed by atoms with E-state index in [1.807, 2.05) is 80.6 Å². The largest absolute Gasteiger partial charge is 0.457 e. The average molecular weight is 582 g/mol. The van der Waals surface area contributed by atoms with Gasteiger partial charge in [-0.1, -0.05) is 86.6 Å². The van der Waals surface area contributed by atoms with Crippen LogP contribution in [-0.4, -0.2) is 29.3 Å². The molecule has 0 aromatic heterocycles. The van der Waals surface area contributed by atoms with Crippen molar-refractivity contribution in [2.45, 2.75) is 26.4 Å². The van der Waals surface area contributed by atoms with Gasteiger partial charge < -0.3 is 9.47 Å². The molecule has 43 heavy (non-hydrogen) atoms. The Bertz CT molecular complexity index is 1640. The van der Waals surface area contributed by atoms with Crippen LogP contribution < -0.4 is 14.9 Å². The number of ether oxygens (including phenoxy) is 2.